The van der Waals surface area contributed by atoms with Crippen molar-refractivity contribution in [2.45, 2.75) is 30.9 Å². The molecular weight excluding hydrogens is 512 g/mol. The molecule has 0 aliphatic carbocycles. The van der Waals surface area contributed by atoms with Crippen LogP contribution in [0.1, 0.15) is 29.8 Å². The molecule has 0 saturated carbocycles. The third-order valence-corrected chi connectivity index (χ3v) is 8.06. The summed E-state index contributed by atoms with van der Waals surface area (Å²) >= 11 is 0. The first-order chi connectivity index (χ1) is 18.8. The van der Waals surface area contributed by atoms with Gasteiger partial charge in [0.2, 0.25) is 10.0 Å². The fourth-order valence-corrected chi connectivity index (χ4v) is 5.60. The second-order valence-corrected chi connectivity index (χ2v) is 11.0. The molecule has 39 heavy (non-hydrogen) atoms. The van der Waals surface area contributed by atoms with Crippen molar-refractivity contribution in [3.63, 3.8) is 0 Å². The van der Waals surface area contributed by atoms with E-state index in [1.165, 1.54) is 7.11 Å². The van der Waals surface area contributed by atoms with Crippen LogP contribution in [-0.2, 0) is 32.6 Å². The number of hydrogen-bond donors (Lipinski definition) is 1. The van der Waals surface area contributed by atoms with Gasteiger partial charge >= 0.3 is 5.97 Å². The summed E-state index contributed by atoms with van der Waals surface area (Å²) in [6, 6.07) is 29.2. The zero-order valence-corrected chi connectivity index (χ0v) is 22.4. The van der Waals surface area contributed by atoms with Crippen LogP contribution in [0.3, 0.4) is 0 Å². The largest absolute Gasteiger partial charge is 0.487 e. The first kappa shape index (κ1) is 26.3. The lowest BCUT2D eigenvalue weighted by molar-refractivity contribution is -0.139. The molecule has 1 aromatic heterocycles. The van der Waals surface area contributed by atoms with Gasteiger partial charge in [-0.15, -0.1) is 0 Å². The Kier molecular flexibility index (Phi) is 7.58. The van der Waals surface area contributed by atoms with Crippen molar-refractivity contribution in [2.24, 2.45) is 0 Å². The molecule has 0 aliphatic heterocycles. The molecule has 1 atom stereocenters. The minimum Gasteiger partial charge on any atom is -0.487 e. The van der Waals surface area contributed by atoms with Crippen molar-refractivity contribution >= 4 is 37.7 Å². The van der Waals surface area contributed by atoms with Crippen LogP contribution in [0.5, 0.6) is 5.75 Å². The second kappa shape index (κ2) is 11.2. The standard InChI is InChI=1S/C31H28N2O5S/c1-21(23-9-7-22(8-10-23)17-31(34)37-2)33-39(35,36)29-16-13-24-12-15-28(18-26(24)19-29)38-20-27-14-11-25-5-3-4-6-30(25)32-27/h3-16,18-19,21,33H,17,20H2,1-2H3. The van der Waals surface area contributed by atoms with Crippen molar-refractivity contribution in [1.29, 1.82) is 0 Å². The second-order valence-electron chi connectivity index (χ2n) is 9.29. The molecule has 4 aromatic carbocycles. The molecule has 5 aromatic rings. The summed E-state index contributed by atoms with van der Waals surface area (Å²) in [5.74, 6) is 0.298. The maximum Gasteiger partial charge on any atom is 0.309 e. The number of ether oxygens (including phenoxy) is 2. The van der Waals surface area contributed by atoms with Crippen LogP contribution in [0.2, 0.25) is 0 Å². The Balaban J connectivity index is 1.29. The number of rotatable bonds is 9. The zero-order chi connectivity index (χ0) is 27.4. The number of pyridine rings is 1. The first-order valence-electron chi connectivity index (χ1n) is 12.5. The number of sulfonamides is 1. The molecule has 0 radical (unpaired) electrons. The highest BCUT2D eigenvalue weighted by Crippen LogP contribution is 2.26. The number of hydrogen-bond acceptors (Lipinski definition) is 6. The Morgan fingerprint density at radius 1 is 0.872 bits per heavy atom. The van der Waals surface area contributed by atoms with Crippen LogP contribution in [0.25, 0.3) is 21.7 Å². The molecule has 1 heterocycles. The van der Waals surface area contributed by atoms with E-state index >= 15 is 0 Å². The van der Waals surface area contributed by atoms with Gasteiger partial charge in [-0.05, 0) is 65.2 Å². The van der Waals surface area contributed by atoms with E-state index in [2.05, 4.69) is 9.71 Å². The van der Waals surface area contributed by atoms with E-state index in [-0.39, 0.29) is 17.3 Å². The third kappa shape index (κ3) is 6.25. The maximum absolute atomic E-state index is 13.2. The topological polar surface area (TPSA) is 94.6 Å². The normalized spacial score (nSPS) is 12.4. The smallest absolute Gasteiger partial charge is 0.309 e. The number of methoxy groups -OCH3 is 1. The number of para-hydroxylation sites is 1. The van der Waals surface area contributed by atoms with Gasteiger partial charge < -0.3 is 9.47 Å². The number of fused-ring (bicyclic) bond motifs is 2. The van der Waals surface area contributed by atoms with Gasteiger partial charge in [0.25, 0.3) is 0 Å². The predicted molar refractivity (Wildman–Crippen MR) is 151 cm³/mol. The number of nitrogens with one attached hydrogen (secondary N) is 1. The van der Waals surface area contributed by atoms with Gasteiger partial charge in [0.15, 0.2) is 0 Å². The van der Waals surface area contributed by atoms with Crippen molar-refractivity contribution in [3.05, 3.63) is 114 Å². The number of benzene rings is 4. The zero-order valence-electron chi connectivity index (χ0n) is 21.6. The summed E-state index contributed by atoms with van der Waals surface area (Å²) < 4.78 is 39.8. The van der Waals surface area contributed by atoms with Gasteiger partial charge in [0.1, 0.15) is 12.4 Å². The molecule has 0 spiro atoms. The van der Waals surface area contributed by atoms with Crippen LogP contribution in [-0.4, -0.2) is 26.5 Å². The highest BCUT2D eigenvalue weighted by molar-refractivity contribution is 7.89. The van der Waals surface area contributed by atoms with Crippen LogP contribution < -0.4 is 9.46 Å². The molecule has 198 valence electrons. The van der Waals surface area contributed by atoms with Gasteiger partial charge in [0.05, 0.1) is 29.6 Å². The summed E-state index contributed by atoms with van der Waals surface area (Å²) in [5.41, 5.74) is 3.29. The minimum absolute atomic E-state index is 0.164. The lowest BCUT2D eigenvalue weighted by Gasteiger charge is -2.16. The Labute approximate surface area is 227 Å². The Hall–Kier alpha value is -4.27. The average Bonchev–Trinajstić information content (AvgIpc) is 2.95. The Morgan fingerprint density at radius 3 is 2.41 bits per heavy atom. The van der Waals surface area contributed by atoms with E-state index < -0.39 is 16.1 Å². The molecule has 0 amide bonds. The number of carbonyl (C=O) groups excluding carboxylic acids is 1. The van der Waals surface area contributed by atoms with Crippen molar-refractivity contribution in [2.75, 3.05) is 7.11 Å². The monoisotopic (exact) mass is 540 g/mol. The third-order valence-electron chi connectivity index (χ3n) is 6.52. The molecule has 1 unspecified atom stereocenters. The quantitative estimate of drug-likeness (QED) is 0.240. The summed E-state index contributed by atoms with van der Waals surface area (Å²) in [5, 5.41) is 2.72. The van der Waals surface area contributed by atoms with Crippen LogP contribution >= 0.6 is 0 Å². The van der Waals surface area contributed by atoms with Gasteiger partial charge in [-0.1, -0.05) is 60.7 Å². The molecule has 7 nitrogen and oxygen atoms in total. The van der Waals surface area contributed by atoms with Gasteiger partial charge in [-0.25, -0.2) is 18.1 Å². The average molecular weight is 541 g/mol. The predicted octanol–water partition coefficient (Wildman–Crippen LogP) is 5.72. The van der Waals surface area contributed by atoms with E-state index in [1.807, 2.05) is 54.6 Å². The van der Waals surface area contributed by atoms with E-state index in [4.69, 9.17) is 9.47 Å². The lowest BCUT2D eigenvalue weighted by Crippen LogP contribution is -2.26. The molecule has 5 rings (SSSR count). The molecular formula is C31H28N2O5S. The number of aromatic nitrogens is 1. The Bertz CT molecular complexity index is 1750. The lowest BCUT2D eigenvalue weighted by atomic mass is 10.1. The SMILES string of the molecule is COC(=O)Cc1ccc(C(C)NS(=O)(=O)c2ccc3ccc(OCc4ccc5ccccc5n4)cc3c2)cc1. The minimum atomic E-state index is -3.80. The highest BCUT2D eigenvalue weighted by Gasteiger charge is 2.19. The molecule has 1 N–H and O–H groups in total. The van der Waals surface area contributed by atoms with Crippen molar-refractivity contribution in [3.8, 4) is 5.75 Å². The molecule has 0 bridgehead atoms. The van der Waals surface area contributed by atoms with E-state index in [0.29, 0.717) is 12.4 Å². The van der Waals surface area contributed by atoms with Crippen molar-refractivity contribution < 1.29 is 22.7 Å². The van der Waals surface area contributed by atoms with Crippen LogP contribution in [0.15, 0.2) is 102 Å². The van der Waals surface area contributed by atoms with Crippen LogP contribution in [0, 0.1) is 0 Å². The summed E-state index contributed by atoms with van der Waals surface area (Å²) in [6.07, 6.45) is 0.165. The number of esters is 1. The van der Waals surface area contributed by atoms with Gasteiger partial charge in [-0.2, -0.15) is 0 Å². The van der Waals surface area contributed by atoms with Gasteiger partial charge in [-0.3, -0.25) is 4.79 Å². The molecule has 0 fully saturated rings. The van der Waals surface area contributed by atoms with E-state index in [0.717, 1.165) is 38.5 Å². The van der Waals surface area contributed by atoms with Crippen LogP contribution in [0.4, 0.5) is 0 Å². The highest BCUT2D eigenvalue weighted by atomic mass is 32.2. The molecule has 0 aliphatic rings. The maximum atomic E-state index is 13.2. The van der Waals surface area contributed by atoms with Crippen molar-refractivity contribution in [1.82, 2.24) is 9.71 Å². The summed E-state index contributed by atoms with van der Waals surface area (Å²) in [6.45, 7) is 2.08. The number of nitrogens with zero attached hydrogens (tertiary/aromatic N) is 1. The summed E-state index contributed by atoms with van der Waals surface area (Å²) in [4.78, 5) is 16.3. The first-order valence-corrected chi connectivity index (χ1v) is 14.0. The molecule has 0 saturated heterocycles. The molecule has 8 heteroatoms. The fraction of sp³-hybridized carbons (Fsp3) is 0.161. The fourth-order valence-electron chi connectivity index (χ4n) is 4.34. The number of carbonyl (C=O) groups is 1. The Morgan fingerprint density at radius 2 is 1.62 bits per heavy atom. The van der Waals surface area contributed by atoms with E-state index in [1.54, 1.807) is 49.4 Å². The summed E-state index contributed by atoms with van der Waals surface area (Å²) in [7, 11) is -2.45. The van der Waals surface area contributed by atoms with E-state index in [9.17, 15) is 13.2 Å². The van der Waals surface area contributed by atoms with Gasteiger partial charge in [0, 0.05) is 11.4 Å².